The van der Waals surface area contributed by atoms with Crippen LogP contribution in [0.3, 0.4) is 0 Å². The number of amides is 3. The van der Waals surface area contributed by atoms with Gasteiger partial charge in [-0.3, -0.25) is 4.79 Å². The third kappa shape index (κ3) is 4.79. The van der Waals surface area contributed by atoms with Gasteiger partial charge in [-0.15, -0.1) is 0 Å². The van der Waals surface area contributed by atoms with Gasteiger partial charge < -0.3 is 26.4 Å². The summed E-state index contributed by atoms with van der Waals surface area (Å²) < 4.78 is 5.12. The Labute approximate surface area is 162 Å². The number of rotatable bonds is 5. The van der Waals surface area contributed by atoms with Crippen molar-refractivity contribution in [2.75, 3.05) is 28.8 Å². The molecule has 0 heterocycles. The van der Waals surface area contributed by atoms with Crippen molar-refractivity contribution >= 4 is 34.7 Å². The summed E-state index contributed by atoms with van der Waals surface area (Å²) >= 11 is 0. The summed E-state index contributed by atoms with van der Waals surface area (Å²) in [7, 11) is 1.55. The van der Waals surface area contributed by atoms with Gasteiger partial charge in [0.1, 0.15) is 5.75 Å². The van der Waals surface area contributed by atoms with Crippen molar-refractivity contribution in [3.05, 3.63) is 78.4 Å². The molecule has 0 fully saturated rings. The minimum atomic E-state index is -0.411. The lowest BCUT2D eigenvalue weighted by atomic mass is 10.2. The number of urea groups is 1. The molecule has 0 spiro atoms. The van der Waals surface area contributed by atoms with Crippen molar-refractivity contribution in [1.82, 2.24) is 0 Å². The minimum Gasteiger partial charge on any atom is -0.497 e. The number of para-hydroxylation sites is 2. The van der Waals surface area contributed by atoms with E-state index in [0.29, 0.717) is 34.1 Å². The molecule has 3 amide bonds. The van der Waals surface area contributed by atoms with Crippen molar-refractivity contribution in [3.63, 3.8) is 0 Å². The van der Waals surface area contributed by atoms with E-state index in [1.165, 1.54) is 0 Å². The van der Waals surface area contributed by atoms with Crippen LogP contribution in [0.4, 0.5) is 27.5 Å². The van der Waals surface area contributed by atoms with Crippen LogP contribution >= 0.6 is 0 Å². The normalized spacial score (nSPS) is 10.0. The van der Waals surface area contributed by atoms with Crippen LogP contribution in [0.1, 0.15) is 10.4 Å². The molecule has 0 aliphatic carbocycles. The van der Waals surface area contributed by atoms with E-state index in [1.54, 1.807) is 79.9 Å². The van der Waals surface area contributed by atoms with Gasteiger partial charge in [0.25, 0.3) is 5.91 Å². The van der Waals surface area contributed by atoms with Crippen molar-refractivity contribution in [3.8, 4) is 5.75 Å². The van der Waals surface area contributed by atoms with Gasteiger partial charge in [-0.25, -0.2) is 4.79 Å². The molecule has 28 heavy (non-hydrogen) atoms. The van der Waals surface area contributed by atoms with Crippen LogP contribution in [0.2, 0.25) is 0 Å². The molecule has 3 aromatic carbocycles. The number of hydrogen-bond donors (Lipinski definition) is 4. The summed E-state index contributed by atoms with van der Waals surface area (Å²) in [5.41, 5.74) is 8.48. The Bertz CT molecular complexity index is 987. The maximum atomic E-state index is 12.3. The molecular weight excluding hydrogens is 356 g/mol. The highest BCUT2D eigenvalue weighted by molar-refractivity contribution is 6.05. The maximum absolute atomic E-state index is 12.3. The molecule has 3 rings (SSSR count). The van der Waals surface area contributed by atoms with Crippen LogP contribution in [-0.4, -0.2) is 19.0 Å². The van der Waals surface area contributed by atoms with E-state index in [1.807, 2.05) is 0 Å². The Hall–Kier alpha value is -4.00. The molecular formula is C21H20N4O3. The first-order chi connectivity index (χ1) is 13.5. The molecule has 5 N–H and O–H groups in total. The molecule has 0 saturated heterocycles. The molecule has 7 heteroatoms. The van der Waals surface area contributed by atoms with Crippen molar-refractivity contribution in [2.24, 2.45) is 0 Å². The number of hydrogen-bond acceptors (Lipinski definition) is 4. The van der Waals surface area contributed by atoms with Crippen LogP contribution in [0.25, 0.3) is 0 Å². The Morgan fingerprint density at radius 3 is 2.18 bits per heavy atom. The van der Waals surface area contributed by atoms with Crippen LogP contribution in [0.15, 0.2) is 72.8 Å². The Kier molecular flexibility index (Phi) is 5.76. The van der Waals surface area contributed by atoms with Crippen LogP contribution in [-0.2, 0) is 0 Å². The summed E-state index contributed by atoms with van der Waals surface area (Å²) in [6.45, 7) is 0. The van der Waals surface area contributed by atoms with Gasteiger partial charge in [0.2, 0.25) is 0 Å². The molecule has 0 aliphatic heterocycles. The molecule has 0 atom stereocenters. The van der Waals surface area contributed by atoms with E-state index in [2.05, 4.69) is 16.0 Å². The predicted octanol–water partition coefficient (Wildman–Crippen LogP) is 4.17. The van der Waals surface area contributed by atoms with Crippen molar-refractivity contribution in [2.45, 2.75) is 0 Å². The molecule has 0 unspecified atom stereocenters. The molecule has 7 nitrogen and oxygen atoms in total. The van der Waals surface area contributed by atoms with Gasteiger partial charge in [0.05, 0.1) is 18.5 Å². The SMILES string of the molecule is COc1cccc(C(=O)Nc2ccc(NC(=O)Nc3ccccc3N)cc2)c1. The first-order valence-electron chi connectivity index (χ1n) is 8.53. The topological polar surface area (TPSA) is 105 Å². The number of carbonyl (C=O) groups is 2. The number of nitrogens with two attached hydrogens (primary N) is 1. The Morgan fingerprint density at radius 1 is 0.821 bits per heavy atom. The fraction of sp³-hybridized carbons (Fsp3) is 0.0476. The number of benzene rings is 3. The fourth-order valence-corrected chi connectivity index (χ4v) is 2.50. The van der Waals surface area contributed by atoms with Crippen LogP contribution in [0.5, 0.6) is 5.75 Å². The van der Waals surface area contributed by atoms with Crippen molar-refractivity contribution < 1.29 is 14.3 Å². The summed E-state index contributed by atoms with van der Waals surface area (Å²) in [6, 6.07) is 20.2. The molecule has 0 bridgehead atoms. The summed E-state index contributed by atoms with van der Waals surface area (Å²) in [4.78, 5) is 24.4. The number of nitrogen functional groups attached to an aromatic ring is 1. The second kappa shape index (κ2) is 8.59. The third-order valence-electron chi connectivity index (χ3n) is 3.94. The monoisotopic (exact) mass is 376 g/mol. The van der Waals surface area contributed by atoms with Gasteiger partial charge in [0.15, 0.2) is 0 Å². The van der Waals surface area contributed by atoms with Gasteiger partial charge in [-0.2, -0.15) is 0 Å². The second-order valence-electron chi connectivity index (χ2n) is 5.93. The van der Waals surface area contributed by atoms with E-state index >= 15 is 0 Å². The number of ether oxygens (including phenoxy) is 1. The molecule has 0 radical (unpaired) electrons. The lowest BCUT2D eigenvalue weighted by Gasteiger charge is -2.10. The Morgan fingerprint density at radius 2 is 1.50 bits per heavy atom. The summed E-state index contributed by atoms with van der Waals surface area (Å²) in [5.74, 6) is 0.356. The molecule has 3 aromatic rings. The first-order valence-corrected chi connectivity index (χ1v) is 8.53. The quantitative estimate of drug-likeness (QED) is 0.501. The second-order valence-corrected chi connectivity index (χ2v) is 5.93. The van der Waals surface area contributed by atoms with Gasteiger partial charge in [-0.1, -0.05) is 18.2 Å². The zero-order chi connectivity index (χ0) is 19.9. The van der Waals surface area contributed by atoms with Gasteiger partial charge in [-0.05, 0) is 54.6 Å². The van der Waals surface area contributed by atoms with Gasteiger partial charge in [0, 0.05) is 16.9 Å². The lowest BCUT2D eigenvalue weighted by Crippen LogP contribution is -2.20. The fourth-order valence-electron chi connectivity index (χ4n) is 2.50. The van der Waals surface area contributed by atoms with Gasteiger partial charge >= 0.3 is 6.03 Å². The van der Waals surface area contributed by atoms with Crippen molar-refractivity contribution in [1.29, 1.82) is 0 Å². The first kappa shape index (κ1) is 18.8. The van der Waals surface area contributed by atoms with E-state index in [9.17, 15) is 9.59 Å². The summed E-state index contributed by atoms with van der Waals surface area (Å²) in [6.07, 6.45) is 0. The van der Waals surface area contributed by atoms with Crippen LogP contribution < -0.4 is 26.4 Å². The van der Waals surface area contributed by atoms with E-state index in [-0.39, 0.29) is 5.91 Å². The predicted molar refractivity (Wildman–Crippen MR) is 111 cm³/mol. The largest absolute Gasteiger partial charge is 0.497 e. The van der Waals surface area contributed by atoms with Crippen LogP contribution in [0, 0.1) is 0 Å². The highest BCUT2D eigenvalue weighted by atomic mass is 16.5. The minimum absolute atomic E-state index is 0.253. The van der Waals surface area contributed by atoms with E-state index in [4.69, 9.17) is 10.5 Å². The lowest BCUT2D eigenvalue weighted by molar-refractivity contribution is 0.102. The van der Waals surface area contributed by atoms with E-state index in [0.717, 1.165) is 0 Å². The maximum Gasteiger partial charge on any atom is 0.323 e. The average molecular weight is 376 g/mol. The highest BCUT2D eigenvalue weighted by Gasteiger charge is 2.08. The zero-order valence-corrected chi connectivity index (χ0v) is 15.2. The smallest absolute Gasteiger partial charge is 0.323 e. The standard InChI is InChI=1S/C21H20N4O3/c1-28-17-6-4-5-14(13-17)20(26)23-15-9-11-16(12-10-15)24-21(27)25-19-8-3-2-7-18(19)22/h2-13H,22H2,1H3,(H,23,26)(H2,24,25,27). The molecule has 0 aliphatic rings. The number of carbonyl (C=O) groups excluding carboxylic acids is 2. The average Bonchev–Trinajstić information content (AvgIpc) is 2.71. The molecule has 0 aromatic heterocycles. The number of anilines is 4. The molecule has 142 valence electrons. The number of nitrogens with one attached hydrogen (secondary N) is 3. The summed E-state index contributed by atoms with van der Waals surface area (Å²) in [5, 5.41) is 8.19. The van der Waals surface area contributed by atoms with E-state index < -0.39 is 6.03 Å². The number of methoxy groups -OCH3 is 1. The zero-order valence-electron chi connectivity index (χ0n) is 15.2. The molecule has 0 saturated carbocycles. The highest BCUT2D eigenvalue weighted by Crippen LogP contribution is 2.19. The Balaban J connectivity index is 1.59. The third-order valence-corrected chi connectivity index (χ3v) is 3.94.